The zero-order chi connectivity index (χ0) is 9.23. The highest BCUT2D eigenvalue weighted by Gasteiger charge is 1.87. The summed E-state index contributed by atoms with van der Waals surface area (Å²) < 4.78 is 0. The molecule has 0 aliphatic rings. The first kappa shape index (κ1) is 11.7. The van der Waals surface area contributed by atoms with Crippen molar-refractivity contribution in [2.24, 2.45) is 4.99 Å². The van der Waals surface area contributed by atoms with Crippen LogP contribution in [0.4, 0.5) is 0 Å². The largest absolute Gasteiger partial charge is 0.295 e. The van der Waals surface area contributed by atoms with Crippen molar-refractivity contribution >= 4 is 6.21 Å². The molecule has 0 spiro atoms. The van der Waals surface area contributed by atoms with Crippen LogP contribution >= 0.6 is 0 Å². The first-order chi connectivity index (χ1) is 5.77. The van der Waals surface area contributed by atoms with Crippen molar-refractivity contribution < 1.29 is 0 Å². The predicted molar refractivity (Wildman–Crippen MR) is 57.0 cm³/mol. The Balaban J connectivity index is 3.00. The standard InChI is InChI=1S/C11H23N/c1-4-5-6-7-8-9-10-12-11(2)3/h10-11H,4-9H2,1-3H3/b12-10+. The minimum atomic E-state index is 0.473. The van der Waals surface area contributed by atoms with E-state index < -0.39 is 0 Å². The molecule has 0 radical (unpaired) electrons. The van der Waals surface area contributed by atoms with Gasteiger partial charge in [0.25, 0.3) is 0 Å². The lowest BCUT2D eigenvalue weighted by atomic mass is 10.1. The molecule has 0 fully saturated rings. The average Bonchev–Trinajstić information content (AvgIpc) is 2.02. The van der Waals surface area contributed by atoms with Crippen LogP contribution in [-0.2, 0) is 0 Å². The summed E-state index contributed by atoms with van der Waals surface area (Å²) in [6.07, 6.45) is 10.1. The Hall–Kier alpha value is -0.330. The molecule has 0 bridgehead atoms. The molecule has 0 heterocycles. The fourth-order valence-corrected chi connectivity index (χ4v) is 1.12. The van der Waals surface area contributed by atoms with Crippen LogP contribution in [0, 0.1) is 0 Å². The van der Waals surface area contributed by atoms with Gasteiger partial charge in [-0.05, 0) is 32.9 Å². The zero-order valence-corrected chi connectivity index (χ0v) is 8.84. The summed E-state index contributed by atoms with van der Waals surface area (Å²) in [5, 5.41) is 0. The van der Waals surface area contributed by atoms with Crippen LogP contribution in [0.3, 0.4) is 0 Å². The van der Waals surface area contributed by atoms with Crippen LogP contribution in [0.2, 0.25) is 0 Å². The van der Waals surface area contributed by atoms with Crippen molar-refractivity contribution in [2.75, 3.05) is 0 Å². The molecule has 0 saturated carbocycles. The number of hydrogen-bond acceptors (Lipinski definition) is 1. The molecule has 0 aliphatic carbocycles. The van der Waals surface area contributed by atoms with Crippen molar-refractivity contribution in [1.29, 1.82) is 0 Å². The average molecular weight is 169 g/mol. The monoisotopic (exact) mass is 169 g/mol. The van der Waals surface area contributed by atoms with Crippen molar-refractivity contribution in [3.8, 4) is 0 Å². The molecule has 0 atom stereocenters. The second kappa shape index (κ2) is 8.76. The smallest absolute Gasteiger partial charge is 0.0439 e. The van der Waals surface area contributed by atoms with E-state index in [4.69, 9.17) is 0 Å². The van der Waals surface area contributed by atoms with Gasteiger partial charge >= 0.3 is 0 Å². The molecule has 0 unspecified atom stereocenters. The van der Waals surface area contributed by atoms with Crippen LogP contribution in [-0.4, -0.2) is 12.3 Å². The van der Waals surface area contributed by atoms with Crippen molar-refractivity contribution in [3.05, 3.63) is 0 Å². The Morgan fingerprint density at radius 2 is 1.75 bits per heavy atom. The van der Waals surface area contributed by atoms with Gasteiger partial charge in [0, 0.05) is 6.04 Å². The third-order valence-corrected chi connectivity index (χ3v) is 1.84. The molecule has 0 amide bonds. The highest BCUT2D eigenvalue weighted by atomic mass is 14.7. The maximum absolute atomic E-state index is 4.32. The lowest BCUT2D eigenvalue weighted by Gasteiger charge is -1.97. The molecule has 0 aromatic heterocycles. The summed E-state index contributed by atoms with van der Waals surface area (Å²) in [6, 6.07) is 0.473. The third kappa shape index (κ3) is 9.67. The van der Waals surface area contributed by atoms with Gasteiger partial charge in [0.05, 0.1) is 0 Å². The van der Waals surface area contributed by atoms with E-state index in [0.29, 0.717) is 6.04 Å². The van der Waals surface area contributed by atoms with Crippen LogP contribution in [0.5, 0.6) is 0 Å². The maximum Gasteiger partial charge on any atom is 0.0439 e. The van der Waals surface area contributed by atoms with Crippen molar-refractivity contribution in [1.82, 2.24) is 0 Å². The van der Waals surface area contributed by atoms with Gasteiger partial charge in [-0.2, -0.15) is 0 Å². The second-order valence-corrected chi connectivity index (χ2v) is 3.63. The minimum Gasteiger partial charge on any atom is -0.295 e. The topological polar surface area (TPSA) is 12.4 Å². The Morgan fingerprint density at radius 3 is 2.33 bits per heavy atom. The van der Waals surface area contributed by atoms with E-state index in [1.807, 2.05) is 0 Å². The number of unbranched alkanes of at least 4 members (excludes halogenated alkanes) is 5. The van der Waals surface area contributed by atoms with Gasteiger partial charge in [0.1, 0.15) is 0 Å². The summed E-state index contributed by atoms with van der Waals surface area (Å²) in [4.78, 5) is 4.32. The summed E-state index contributed by atoms with van der Waals surface area (Å²) in [7, 11) is 0. The summed E-state index contributed by atoms with van der Waals surface area (Å²) in [5.41, 5.74) is 0. The molecule has 0 rings (SSSR count). The van der Waals surface area contributed by atoms with Gasteiger partial charge < -0.3 is 0 Å². The Kier molecular flexibility index (Phi) is 8.52. The van der Waals surface area contributed by atoms with E-state index in [1.54, 1.807) is 0 Å². The number of nitrogens with zero attached hydrogens (tertiary/aromatic N) is 1. The molecule has 0 saturated heterocycles. The highest BCUT2D eigenvalue weighted by Crippen LogP contribution is 2.03. The Bertz CT molecular complexity index is 106. The van der Waals surface area contributed by atoms with Gasteiger partial charge in [-0.3, -0.25) is 4.99 Å². The van der Waals surface area contributed by atoms with E-state index in [0.717, 1.165) is 0 Å². The second-order valence-electron chi connectivity index (χ2n) is 3.63. The highest BCUT2D eigenvalue weighted by molar-refractivity contribution is 5.57. The van der Waals surface area contributed by atoms with Crippen LogP contribution in [0.25, 0.3) is 0 Å². The number of aliphatic imine (C=N–C) groups is 1. The maximum atomic E-state index is 4.32. The molecule has 72 valence electrons. The van der Waals surface area contributed by atoms with Gasteiger partial charge in [-0.1, -0.05) is 32.6 Å². The van der Waals surface area contributed by atoms with Crippen molar-refractivity contribution in [3.63, 3.8) is 0 Å². The first-order valence-electron chi connectivity index (χ1n) is 5.29. The van der Waals surface area contributed by atoms with E-state index in [1.165, 1.54) is 38.5 Å². The quantitative estimate of drug-likeness (QED) is 0.406. The molecule has 0 N–H and O–H groups in total. The number of hydrogen-bond donors (Lipinski definition) is 0. The van der Waals surface area contributed by atoms with E-state index in [-0.39, 0.29) is 0 Å². The van der Waals surface area contributed by atoms with Gasteiger partial charge in [0.2, 0.25) is 0 Å². The first-order valence-corrected chi connectivity index (χ1v) is 5.29. The third-order valence-electron chi connectivity index (χ3n) is 1.84. The summed E-state index contributed by atoms with van der Waals surface area (Å²) in [6.45, 7) is 6.49. The van der Waals surface area contributed by atoms with Gasteiger partial charge in [0.15, 0.2) is 0 Å². The van der Waals surface area contributed by atoms with Crippen LogP contribution < -0.4 is 0 Å². The predicted octanol–water partition coefficient (Wildman–Crippen LogP) is 3.83. The van der Waals surface area contributed by atoms with Crippen LogP contribution in [0.15, 0.2) is 4.99 Å². The molecule has 1 nitrogen and oxygen atoms in total. The van der Waals surface area contributed by atoms with Gasteiger partial charge in [-0.25, -0.2) is 0 Å². The molecule has 0 aromatic rings. The summed E-state index contributed by atoms with van der Waals surface area (Å²) >= 11 is 0. The molecule has 0 aromatic carbocycles. The zero-order valence-electron chi connectivity index (χ0n) is 8.84. The molecule has 0 aliphatic heterocycles. The van der Waals surface area contributed by atoms with Crippen molar-refractivity contribution in [2.45, 2.75) is 65.3 Å². The number of rotatable bonds is 7. The summed E-state index contributed by atoms with van der Waals surface area (Å²) in [5.74, 6) is 0. The fourth-order valence-electron chi connectivity index (χ4n) is 1.12. The van der Waals surface area contributed by atoms with E-state index in [2.05, 4.69) is 32.0 Å². The Labute approximate surface area is 77.3 Å². The molecular formula is C11H23N. The molecule has 12 heavy (non-hydrogen) atoms. The van der Waals surface area contributed by atoms with E-state index in [9.17, 15) is 0 Å². The van der Waals surface area contributed by atoms with E-state index >= 15 is 0 Å². The normalized spacial score (nSPS) is 11.7. The Morgan fingerprint density at radius 1 is 1.08 bits per heavy atom. The minimum absolute atomic E-state index is 0.473. The SMILES string of the molecule is CCCCCCC/C=N/C(C)C. The lowest BCUT2D eigenvalue weighted by molar-refractivity contribution is 0.644. The van der Waals surface area contributed by atoms with Crippen LogP contribution in [0.1, 0.15) is 59.3 Å². The molecular weight excluding hydrogens is 146 g/mol. The lowest BCUT2D eigenvalue weighted by Crippen LogP contribution is -1.89. The van der Waals surface area contributed by atoms with Gasteiger partial charge in [-0.15, -0.1) is 0 Å². The molecule has 1 heteroatoms. The fraction of sp³-hybridized carbons (Fsp3) is 0.909.